The predicted molar refractivity (Wildman–Crippen MR) is 83.2 cm³/mol. The molecule has 0 aromatic carbocycles. The normalized spacial score (nSPS) is 16.8. The number of hydrogen-bond acceptors (Lipinski definition) is 5. The zero-order valence-electron chi connectivity index (χ0n) is 13.0. The van der Waals surface area contributed by atoms with Crippen LogP contribution in [0.15, 0.2) is 35.6 Å². The Morgan fingerprint density at radius 3 is 2.74 bits per heavy atom. The van der Waals surface area contributed by atoms with Gasteiger partial charge in [-0.2, -0.15) is 14.7 Å². The topological polar surface area (TPSA) is 91.9 Å². The summed E-state index contributed by atoms with van der Waals surface area (Å²) in [7, 11) is -2.31. The fourth-order valence-electron chi connectivity index (χ4n) is 2.61. The lowest BCUT2D eigenvalue weighted by Crippen LogP contribution is -2.53. The van der Waals surface area contributed by atoms with Crippen LogP contribution in [0.3, 0.4) is 0 Å². The van der Waals surface area contributed by atoms with Crippen molar-refractivity contribution in [2.45, 2.75) is 36.6 Å². The molecule has 1 aliphatic carbocycles. The highest BCUT2D eigenvalue weighted by atomic mass is 32.2. The largest absolute Gasteiger partial charge is 0.247 e. The van der Waals surface area contributed by atoms with Crippen molar-refractivity contribution in [2.75, 3.05) is 7.05 Å². The average Bonchev–Trinajstić information content (AvgIpc) is 2.97. The van der Waals surface area contributed by atoms with Crippen LogP contribution in [0.25, 0.3) is 5.82 Å². The van der Waals surface area contributed by atoms with E-state index in [4.69, 9.17) is 0 Å². The quantitative estimate of drug-likeness (QED) is 0.849. The van der Waals surface area contributed by atoms with Crippen LogP contribution >= 0.6 is 0 Å². The van der Waals surface area contributed by atoms with Gasteiger partial charge in [0.25, 0.3) is 0 Å². The summed E-state index contributed by atoms with van der Waals surface area (Å²) < 4.78 is 28.1. The maximum Gasteiger partial charge on any atom is 0.247 e. The Morgan fingerprint density at radius 1 is 1.43 bits per heavy atom. The van der Waals surface area contributed by atoms with Gasteiger partial charge in [-0.05, 0) is 43.9 Å². The molecule has 23 heavy (non-hydrogen) atoms. The molecule has 2 heterocycles. The van der Waals surface area contributed by atoms with Gasteiger partial charge < -0.3 is 0 Å². The lowest BCUT2D eigenvalue weighted by atomic mass is 9.78. The summed E-state index contributed by atoms with van der Waals surface area (Å²) in [6.07, 6.45) is 6.35. The van der Waals surface area contributed by atoms with Gasteiger partial charge >= 0.3 is 0 Å². The van der Waals surface area contributed by atoms with Crippen LogP contribution < -0.4 is 0 Å². The highest BCUT2D eigenvalue weighted by molar-refractivity contribution is 7.89. The van der Waals surface area contributed by atoms with Crippen LogP contribution in [0.1, 0.15) is 24.8 Å². The van der Waals surface area contributed by atoms with Crippen molar-refractivity contribution in [3.63, 3.8) is 0 Å². The van der Waals surface area contributed by atoms with Crippen molar-refractivity contribution < 1.29 is 8.42 Å². The van der Waals surface area contributed by atoms with Gasteiger partial charge in [0.15, 0.2) is 5.82 Å². The van der Waals surface area contributed by atoms with E-state index < -0.39 is 15.6 Å². The first-order valence-electron chi connectivity index (χ1n) is 7.27. The SMILES string of the molecule is Cc1ccnc(-n2cc(S(=O)(=O)N(C)C3(C#N)CCC3)cn2)c1. The molecule has 2 aromatic heterocycles. The van der Waals surface area contributed by atoms with Crippen molar-refractivity contribution in [2.24, 2.45) is 0 Å². The second-order valence-corrected chi connectivity index (χ2v) is 7.75. The van der Waals surface area contributed by atoms with E-state index >= 15 is 0 Å². The molecule has 0 aliphatic heterocycles. The summed E-state index contributed by atoms with van der Waals surface area (Å²) in [5.41, 5.74) is 0.0765. The molecule has 0 spiro atoms. The number of aryl methyl sites for hydroxylation is 1. The molecule has 1 fully saturated rings. The molecule has 0 amide bonds. The molecule has 1 saturated carbocycles. The van der Waals surface area contributed by atoms with Crippen molar-refractivity contribution in [1.29, 1.82) is 5.26 Å². The third-order valence-electron chi connectivity index (χ3n) is 4.34. The average molecular weight is 331 g/mol. The third-order valence-corrected chi connectivity index (χ3v) is 6.22. The van der Waals surface area contributed by atoms with E-state index in [2.05, 4.69) is 16.2 Å². The fourth-order valence-corrected chi connectivity index (χ4v) is 4.02. The van der Waals surface area contributed by atoms with E-state index in [-0.39, 0.29) is 4.90 Å². The highest BCUT2D eigenvalue weighted by Gasteiger charge is 2.47. The van der Waals surface area contributed by atoms with Crippen molar-refractivity contribution in [3.8, 4) is 11.9 Å². The van der Waals surface area contributed by atoms with Gasteiger partial charge in [-0.15, -0.1) is 0 Å². The van der Waals surface area contributed by atoms with E-state index in [1.54, 1.807) is 6.20 Å². The number of nitrogens with zero attached hydrogens (tertiary/aromatic N) is 5. The molecular weight excluding hydrogens is 314 g/mol. The molecule has 0 N–H and O–H groups in total. The molecule has 0 bridgehead atoms. The lowest BCUT2D eigenvalue weighted by molar-refractivity contribution is 0.171. The molecule has 8 heteroatoms. The van der Waals surface area contributed by atoms with E-state index in [0.29, 0.717) is 18.7 Å². The molecule has 3 rings (SSSR count). The Hall–Kier alpha value is -2.24. The van der Waals surface area contributed by atoms with Crippen LogP contribution in [-0.4, -0.2) is 40.1 Å². The van der Waals surface area contributed by atoms with Gasteiger partial charge in [-0.1, -0.05) is 0 Å². The molecule has 7 nitrogen and oxygen atoms in total. The summed E-state index contributed by atoms with van der Waals surface area (Å²) in [5.74, 6) is 0.549. The fraction of sp³-hybridized carbons (Fsp3) is 0.400. The number of nitriles is 1. The molecule has 0 saturated heterocycles. The van der Waals surface area contributed by atoms with Crippen LogP contribution in [0.2, 0.25) is 0 Å². The first kappa shape index (κ1) is 15.6. The second-order valence-electron chi connectivity index (χ2n) is 5.78. The summed E-state index contributed by atoms with van der Waals surface area (Å²) in [5, 5.41) is 13.4. The Kier molecular flexibility index (Phi) is 3.70. The Morgan fingerprint density at radius 2 is 2.17 bits per heavy atom. The molecule has 120 valence electrons. The minimum atomic E-state index is -3.77. The smallest absolute Gasteiger partial charge is 0.237 e. The van der Waals surface area contributed by atoms with E-state index in [9.17, 15) is 13.7 Å². The standard InChI is InChI=1S/C15H17N5O2S/c1-12-4-7-17-14(8-12)20-10-13(9-18-20)23(21,22)19(2)15(11-16)5-3-6-15/h4,7-10H,3,5-6H2,1-2H3. The number of sulfonamides is 1. The van der Waals surface area contributed by atoms with Crippen LogP contribution in [0.5, 0.6) is 0 Å². The third kappa shape index (κ3) is 2.52. The number of aromatic nitrogens is 3. The highest BCUT2D eigenvalue weighted by Crippen LogP contribution is 2.39. The van der Waals surface area contributed by atoms with E-state index in [1.165, 1.54) is 28.4 Å². The molecule has 2 aromatic rings. The number of hydrogen-bond donors (Lipinski definition) is 0. The second kappa shape index (κ2) is 5.44. The van der Waals surface area contributed by atoms with E-state index in [1.807, 2.05) is 19.1 Å². The van der Waals surface area contributed by atoms with Gasteiger partial charge in [0.2, 0.25) is 10.0 Å². The monoisotopic (exact) mass is 331 g/mol. The molecule has 1 aliphatic rings. The minimum Gasteiger partial charge on any atom is -0.237 e. The summed E-state index contributed by atoms with van der Waals surface area (Å²) in [6, 6.07) is 5.81. The van der Waals surface area contributed by atoms with Crippen molar-refractivity contribution in [1.82, 2.24) is 19.1 Å². The first-order chi connectivity index (χ1) is 10.9. The Bertz CT molecular complexity index is 877. The zero-order valence-corrected chi connectivity index (χ0v) is 13.8. The van der Waals surface area contributed by atoms with Gasteiger partial charge in [0.1, 0.15) is 10.4 Å². The lowest BCUT2D eigenvalue weighted by Gasteiger charge is -2.41. The van der Waals surface area contributed by atoms with Gasteiger partial charge in [0.05, 0.1) is 18.5 Å². The Balaban J connectivity index is 1.95. The number of pyridine rings is 1. The summed E-state index contributed by atoms with van der Waals surface area (Å²) in [4.78, 5) is 4.24. The van der Waals surface area contributed by atoms with Crippen molar-refractivity contribution >= 4 is 10.0 Å². The maximum atomic E-state index is 12.7. The van der Waals surface area contributed by atoms with E-state index in [0.717, 1.165) is 12.0 Å². The van der Waals surface area contributed by atoms with Crippen LogP contribution in [0.4, 0.5) is 0 Å². The Labute approximate surface area is 135 Å². The molecule has 0 atom stereocenters. The molecule has 0 unspecified atom stereocenters. The zero-order chi connectivity index (χ0) is 16.7. The van der Waals surface area contributed by atoms with Gasteiger partial charge in [0, 0.05) is 13.2 Å². The maximum absolute atomic E-state index is 12.7. The van der Waals surface area contributed by atoms with Gasteiger partial charge in [-0.25, -0.2) is 18.1 Å². The number of rotatable bonds is 4. The van der Waals surface area contributed by atoms with Crippen LogP contribution in [-0.2, 0) is 10.0 Å². The summed E-state index contributed by atoms with van der Waals surface area (Å²) in [6.45, 7) is 1.92. The molecular formula is C15H17N5O2S. The first-order valence-corrected chi connectivity index (χ1v) is 8.71. The predicted octanol–water partition coefficient (Wildman–Crippen LogP) is 1.64. The van der Waals surface area contributed by atoms with Crippen LogP contribution in [0, 0.1) is 18.3 Å². The van der Waals surface area contributed by atoms with Gasteiger partial charge in [-0.3, -0.25) is 0 Å². The van der Waals surface area contributed by atoms with Crippen molar-refractivity contribution in [3.05, 3.63) is 36.3 Å². The summed E-state index contributed by atoms with van der Waals surface area (Å²) >= 11 is 0. The minimum absolute atomic E-state index is 0.0600. The molecule has 0 radical (unpaired) electrons.